The Labute approximate surface area is 76.5 Å². The average molecular weight is 180 g/mol. The molecule has 0 spiro atoms. The van der Waals surface area contributed by atoms with Gasteiger partial charge in [0.1, 0.15) is 5.82 Å². The molecule has 0 aliphatic carbocycles. The molecule has 5 heteroatoms. The Morgan fingerprint density at radius 2 is 2.31 bits per heavy atom. The molecule has 0 aliphatic rings. The van der Waals surface area contributed by atoms with Crippen LogP contribution in [0.1, 0.15) is 12.7 Å². The van der Waals surface area contributed by atoms with Crippen LogP contribution in [0.5, 0.6) is 0 Å². The minimum absolute atomic E-state index is 0.196. The van der Waals surface area contributed by atoms with E-state index in [4.69, 9.17) is 0 Å². The summed E-state index contributed by atoms with van der Waals surface area (Å²) in [5, 5.41) is 6.59. The maximum atomic E-state index is 11.1. The Balaban J connectivity index is 2.74. The minimum atomic E-state index is -0.196. The number of rotatable bonds is 2. The monoisotopic (exact) mass is 180 g/mol. The maximum Gasteiger partial charge on any atom is 0.250 e. The SMILES string of the molecule is C/C=C/C(=O)Nc1nc(C)nn1C. The van der Waals surface area contributed by atoms with Crippen molar-refractivity contribution >= 4 is 11.9 Å². The van der Waals surface area contributed by atoms with Crippen LogP contribution in [0.2, 0.25) is 0 Å². The number of carbonyl (C=O) groups is 1. The number of hydrogen-bond acceptors (Lipinski definition) is 3. The van der Waals surface area contributed by atoms with Gasteiger partial charge in [0.2, 0.25) is 11.9 Å². The fourth-order valence-corrected chi connectivity index (χ4v) is 0.925. The molecule has 1 heterocycles. The van der Waals surface area contributed by atoms with Crippen molar-refractivity contribution < 1.29 is 4.79 Å². The molecule has 0 bridgehead atoms. The standard InChI is InChI=1S/C8H12N4O/c1-4-5-7(13)10-8-9-6(2)11-12(8)3/h4-5H,1-3H3,(H,9,10,11,13)/b5-4+. The van der Waals surface area contributed by atoms with E-state index in [9.17, 15) is 4.79 Å². The third kappa shape index (κ3) is 2.40. The molecule has 0 aromatic carbocycles. The van der Waals surface area contributed by atoms with Gasteiger partial charge in [-0.2, -0.15) is 10.1 Å². The summed E-state index contributed by atoms with van der Waals surface area (Å²) in [7, 11) is 1.73. The van der Waals surface area contributed by atoms with Crippen molar-refractivity contribution in [1.82, 2.24) is 14.8 Å². The highest BCUT2D eigenvalue weighted by Gasteiger charge is 2.04. The van der Waals surface area contributed by atoms with Crippen LogP contribution in [0.15, 0.2) is 12.2 Å². The van der Waals surface area contributed by atoms with E-state index in [1.165, 1.54) is 10.8 Å². The van der Waals surface area contributed by atoms with E-state index < -0.39 is 0 Å². The fourth-order valence-electron chi connectivity index (χ4n) is 0.925. The highest BCUT2D eigenvalue weighted by molar-refractivity contribution is 5.97. The number of nitrogens with zero attached hydrogens (tertiary/aromatic N) is 3. The first kappa shape index (κ1) is 9.44. The molecular formula is C8H12N4O. The van der Waals surface area contributed by atoms with Crippen LogP contribution in [0.3, 0.4) is 0 Å². The summed E-state index contributed by atoms with van der Waals surface area (Å²) in [4.78, 5) is 15.1. The molecule has 0 atom stereocenters. The van der Waals surface area contributed by atoms with Crippen molar-refractivity contribution in [3.8, 4) is 0 Å². The molecule has 0 aliphatic heterocycles. The first-order valence-electron chi connectivity index (χ1n) is 3.95. The van der Waals surface area contributed by atoms with Crippen LogP contribution in [0.4, 0.5) is 5.95 Å². The largest absolute Gasteiger partial charge is 0.291 e. The predicted molar refractivity (Wildman–Crippen MR) is 49.2 cm³/mol. The maximum absolute atomic E-state index is 11.1. The molecule has 0 saturated heterocycles. The zero-order chi connectivity index (χ0) is 9.84. The lowest BCUT2D eigenvalue weighted by Gasteiger charge is -1.98. The number of anilines is 1. The molecule has 0 radical (unpaired) electrons. The third-order valence-corrected chi connectivity index (χ3v) is 1.42. The molecule has 1 aromatic heterocycles. The molecule has 5 nitrogen and oxygen atoms in total. The lowest BCUT2D eigenvalue weighted by Crippen LogP contribution is -2.12. The van der Waals surface area contributed by atoms with Gasteiger partial charge in [-0.15, -0.1) is 0 Å². The summed E-state index contributed by atoms with van der Waals surface area (Å²) in [6.45, 7) is 3.55. The number of allylic oxidation sites excluding steroid dienone is 1. The molecule has 1 rings (SSSR count). The van der Waals surface area contributed by atoms with E-state index in [0.717, 1.165) is 0 Å². The van der Waals surface area contributed by atoms with Crippen LogP contribution in [-0.4, -0.2) is 20.7 Å². The second kappa shape index (κ2) is 3.84. The molecule has 0 saturated carbocycles. The normalized spacial score (nSPS) is 10.7. The molecule has 70 valence electrons. The van der Waals surface area contributed by atoms with Crippen LogP contribution < -0.4 is 5.32 Å². The molecule has 1 aromatic rings. The van der Waals surface area contributed by atoms with Crippen molar-refractivity contribution in [3.63, 3.8) is 0 Å². The minimum Gasteiger partial charge on any atom is -0.291 e. The van der Waals surface area contributed by atoms with E-state index in [1.807, 2.05) is 0 Å². The zero-order valence-corrected chi connectivity index (χ0v) is 7.90. The Kier molecular flexibility index (Phi) is 2.79. The van der Waals surface area contributed by atoms with Gasteiger partial charge in [-0.05, 0) is 19.9 Å². The Morgan fingerprint density at radius 3 is 2.77 bits per heavy atom. The van der Waals surface area contributed by atoms with E-state index in [0.29, 0.717) is 11.8 Å². The van der Waals surface area contributed by atoms with Crippen LogP contribution in [-0.2, 0) is 11.8 Å². The fraction of sp³-hybridized carbons (Fsp3) is 0.375. The second-order valence-corrected chi connectivity index (χ2v) is 2.60. The van der Waals surface area contributed by atoms with Crippen molar-refractivity contribution in [1.29, 1.82) is 0 Å². The lowest BCUT2D eigenvalue weighted by atomic mass is 10.5. The Hall–Kier alpha value is -1.65. The predicted octanol–water partition coefficient (Wildman–Crippen LogP) is 0.638. The molecule has 0 unspecified atom stereocenters. The van der Waals surface area contributed by atoms with Gasteiger partial charge in [-0.25, -0.2) is 4.68 Å². The number of hydrogen-bond donors (Lipinski definition) is 1. The van der Waals surface area contributed by atoms with Crippen molar-refractivity contribution in [2.45, 2.75) is 13.8 Å². The van der Waals surface area contributed by atoms with Crippen molar-refractivity contribution in [2.75, 3.05) is 5.32 Å². The molecule has 13 heavy (non-hydrogen) atoms. The van der Waals surface area contributed by atoms with Gasteiger partial charge in [0.05, 0.1) is 0 Å². The number of carbonyl (C=O) groups excluding carboxylic acids is 1. The number of nitrogens with one attached hydrogen (secondary N) is 1. The smallest absolute Gasteiger partial charge is 0.250 e. The third-order valence-electron chi connectivity index (χ3n) is 1.42. The van der Waals surface area contributed by atoms with Crippen molar-refractivity contribution in [3.05, 3.63) is 18.0 Å². The van der Waals surface area contributed by atoms with Gasteiger partial charge in [0.25, 0.3) is 0 Å². The van der Waals surface area contributed by atoms with Crippen LogP contribution in [0, 0.1) is 6.92 Å². The summed E-state index contributed by atoms with van der Waals surface area (Å²) in [5.41, 5.74) is 0. The molecule has 1 amide bonds. The van der Waals surface area contributed by atoms with Crippen molar-refractivity contribution in [2.24, 2.45) is 7.05 Å². The van der Waals surface area contributed by atoms with Gasteiger partial charge in [0.15, 0.2) is 0 Å². The molecule has 0 fully saturated rings. The first-order chi connectivity index (χ1) is 6.13. The first-order valence-corrected chi connectivity index (χ1v) is 3.95. The average Bonchev–Trinajstić information content (AvgIpc) is 2.30. The van der Waals surface area contributed by atoms with Gasteiger partial charge < -0.3 is 0 Å². The second-order valence-electron chi connectivity index (χ2n) is 2.60. The summed E-state index contributed by atoms with van der Waals surface area (Å²) in [6.07, 6.45) is 3.10. The number of amides is 1. The summed E-state index contributed by atoms with van der Waals surface area (Å²) < 4.78 is 1.52. The topological polar surface area (TPSA) is 59.8 Å². The van der Waals surface area contributed by atoms with E-state index in [1.54, 1.807) is 27.0 Å². The number of aromatic nitrogens is 3. The van der Waals surface area contributed by atoms with E-state index >= 15 is 0 Å². The Morgan fingerprint density at radius 1 is 1.62 bits per heavy atom. The van der Waals surface area contributed by atoms with Gasteiger partial charge >= 0.3 is 0 Å². The Bertz CT molecular complexity index is 340. The van der Waals surface area contributed by atoms with Crippen LogP contribution >= 0.6 is 0 Å². The number of aryl methyl sites for hydroxylation is 2. The highest BCUT2D eigenvalue weighted by Crippen LogP contribution is 2.01. The highest BCUT2D eigenvalue weighted by atomic mass is 16.1. The van der Waals surface area contributed by atoms with Crippen LogP contribution in [0.25, 0.3) is 0 Å². The van der Waals surface area contributed by atoms with Gasteiger partial charge in [0, 0.05) is 7.05 Å². The molecule has 1 N–H and O–H groups in total. The molecular weight excluding hydrogens is 168 g/mol. The van der Waals surface area contributed by atoms with E-state index in [-0.39, 0.29) is 5.91 Å². The van der Waals surface area contributed by atoms with Gasteiger partial charge in [-0.3, -0.25) is 10.1 Å². The zero-order valence-electron chi connectivity index (χ0n) is 7.90. The van der Waals surface area contributed by atoms with Gasteiger partial charge in [-0.1, -0.05) is 6.08 Å². The van der Waals surface area contributed by atoms with E-state index in [2.05, 4.69) is 15.4 Å². The summed E-state index contributed by atoms with van der Waals surface area (Å²) in [5.74, 6) is 0.900. The quantitative estimate of drug-likeness (QED) is 0.679. The lowest BCUT2D eigenvalue weighted by molar-refractivity contribution is -0.112. The summed E-state index contributed by atoms with van der Waals surface area (Å²) >= 11 is 0. The summed E-state index contributed by atoms with van der Waals surface area (Å²) in [6, 6.07) is 0.